The maximum absolute atomic E-state index is 12.6. The Labute approximate surface area is 172 Å². The fourth-order valence-corrected chi connectivity index (χ4v) is 3.66. The van der Waals surface area contributed by atoms with Crippen molar-refractivity contribution in [1.82, 2.24) is 10.2 Å². The molecule has 0 aliphatic carbocycles. The minimum atomic E-state index is -0.120. The number of ether oxygens (including phenoxy) is 1. The van der Waals surface area contributed by atoms with Gasteiger partial charge in [0.1, 0.15) is 5.75 Å². The SMILES string of the molecule is COc1ccc(C(=O)NCC(c2ccc(C)cc2)N2CCCC2)cc1Cl.Cl. The molecule has 1 saturated heterocycles. The minimum absolute atomic E-state index is 0. The van der Waals surface area contributed by atoms with Crippen molar-refractivity contribution in [3.63, 3.8) is 0 Å². The Kier molecular flexibility index (Phi) is 7.96. The molecule has 2 aromatic carbocycles. The van der Waals surface area contributed by atoms with Gasteiger partial charge in [-0.15, -0.1) is 12.4 Å². The standard InChI is InChI=1S/C21H25ClN2O2.ClH/c1-15-5-7-16(8-6-15)19(24-11-3-4-12-24)14-23-21(25)17-9-10-20(26-2)18(22)13-17;/h5-10,13,19H,3-4,11-12,14H2,1-2H3,(H,23,25);1H. The van der Waals surface area contributed by atoms with Gasteiger partial charge in [0.05, 0.1) is 18.2 Å². The van der Waals surface area contributed by atoms with Gasteiger partial charge in [-0.1, -0.05) is 41.4 Å². The molecule has 27 heavy (non-hydrogen) atoms. The lowest BCUT2D eigenvalue weighted by atomic mass is 10.0. The molecule has 4 nitrogen and oxygen atoms in total. The number of methoxy groups -OCH3 is 1. The lowest BCUT2D eigenvalue weighted by Gasteiger charge is -2.28. The van der Waals surface area contributed by atoms with E-state index in [-0.39, 0.29) is 24.4 Å². The van der Waals surface area contributed by atoms with Gasteiger partial charge in [0.15, 0.2) is 0 Å². The van der Waals surface area contributed by atoms with Crippen molar-refractivity contribution in [2.45, 2.75) is 25.8 Å². The van der Waals surface area contributed by atoms with Gasteiger partial charge in [-0.3, -0.25) is 9.69 Å². The topological polar surface area (TPSA) is 41.6 Å². The number of likely N-dealkylation sites (tertiary alicyclic amines) is 1. The molecule has 1 heterocycles. The second kappa shape index (κ2) is 9.98. The third-order valence-corrected chi connectivity index (χ3v) is 5.21. The predicted octanol–water partition coefficient (Wildman–Crippen LogP) is 4.65. The molecule has 1 aliphatic rings. The van der Waals surface area contributed by atoms with Gasteiger partial charge >= 0.3 is 0 Å². The van der Waals surface area contributed by atoms with Crippen LogP contribution in [0.15, 0.2) is 42.5 Å². The number of nitrogens with zero attached hydrogens (tertiary/aromatic N) is 1. The molecule has 146 valence electrons. The van der Waals surface area contributed by atoms with E-state index in [9.17, 15) is 4.79 Å². The average molecular weight is 409 g/mol. The number of hydrogen-bond acceptors (Lipinski definition) is 3. The number of rotatable bonds is 6. The van der Waals surface area contributed by atoms with Crippen molar-refractivity contribution in [2.75, 3.05) is 26.7 Å². The summed E-state index contributed by atoms with van der Waals surface area (Å²) in [6, 6.07) is 13.9. The maximum Gasteiger partial charge on any atom is 0.251 e. The van der Waals surface area contributed by atoms with Crippen LogP contribution in [-0.4, -0.2) is 37.6 Å². The van der Waals surface area contributed by atoms with Gasteiger partial charge in [-0.05, 0) is 56.6 Å². The number of hydrogen-bond donors (Lipinski definition) is 1. The Morgan fingerprint density at radius 1 is 1.19 bits per heavy atom. The van der Waals surface area contributed by atoms with Crippen LogP contribution in [0.1, 0.15) is 40.4 Å². The number of amides is 1. The van der Waals surface area contributed by atoms with Crippen molar-refractivity contribution in [1.29, 1.82) is 0 Å². The molecule has 0 saturated carbocycles. The first-order valence-corrected chi connectivity index (χ1v) is 9.38. The number of carbonyl (C=O) groups is 1. The zero-order valence-corrected chi connectivity index (χ0v) is 17.3. The molecule has 0 radical (unpaired) electrons. The van der Waals surface area contributed by atoms with E-state index in [0.29, 0.717) is 22.9 Å². The Hall–Kier alpha value is -1.75. The molecule has 1 fully saturated rings. The summed E-state index contributed by atoms with van der Waals surface area (Å²) in [4.78, 5) is 15.0. The first-order valence-electron chi connectivity index (χ1n) is 9.01. The summed E-state index contributed by atoms with van der Waals surface area (Å²) in [7, 11) is 1.56. The highest BCUT2D eigenvalue weighted by Gasteiger charge is 2.24. The predicted molar refractivity (Wildman–Crippen MR) is 112 cm³/mol. The summed E-state index contributed by atoms with van der Waals surface area (Å²) in [5.74, 6) is 0.448. The van der Waals surface area contributed by atoms with Crippen molar-refractivity contribution in [2.24, 2.45) is 0 Å². The van der Waals surface area contributed by atoms with Crippen molar-refractivity contribution in [3.05, 3.63) is 64.2 Å². The molecule has 2 aromatic rings. The molecule has 1 N–H and O–H groups in total. The Bertz CT molecular complexity index is 759. The lowest BCUT2D eigenvalue weighted by Crippen LogP contribution is -2.36. The van der Waals surface area contributed by atoms with Gasteiger partial charge in [-0.25, -0.2) is 0 Å². The highest BCUT2D eigenvalue weighted by atomic mass is 35.5. The highest BCUT2D eigenvalue weighted by molar-refractivity contribution is 6.32. The van der Waals surface area contributed by atoms with Crippen LogP contribution in [0.5, 0.6) is 5.75 Å². The van der Waals surface area contributed by atoms with E-state index in [1.165, 1.54) is 24.0 Å². The van der Waals surface area contributed by atoms with Crippen LogP contribution in [0.2, 0.25) is 5.02 Å². The second-order valence-electron chi connectivity index (χ2n) is 6.73. The van der Waals surface area contributed by atoms with E-state index < -0.39 is 0 Å². The van der Waals surface area contributed by atoms with Crippen LogP contribution in [0.25, 0.3) is 0 Å². The van der Waals surface area contributed by atoms with Crippen LogP contribution >= 0.6 is 24.0 Å². The Balaban J connectivity index is 0.00000261. The molecular weight excluding hydrogens is 383 g/mol. The molecule has 0 bridgehead atoms. The molecule has 1 unspecified atom stereocenters. The number of carbonyl (C=O) groups excluding carboxylic acids is 1. The van der Waals surface area contributed by atoms with Crippen LogP contribution in [0.4, 0.5) is 0 Å². The van der Waals surface area contributed by atoms with E-state index >= 15 is 0 Å². The average Bonchev–Trinajstić information content (AvgIpc) is 3.17. The van der Waals surface area contributed by atoms with E-state index in [0.717, 1.165) is 13.1 Å². The number of aryl methyl sites for hydroxylation is 1. The quantitative estimate of drug-likeness (QED) is 0.756. The van der Waals surface area contributed by atoms with Gasteiger partial charge in [0, 0.05) is 12.1 Å². The maximum atomic E-state index is 12.6. The smallest absolute Gasteiger partial charge is 0.251 e. The summed E-state index contributed by atoms with van der Waals surface area (Å²) in [6.07, 6.45) is 2.43. The largest absolute Gasteiger partial charge is 0.495 e. The van der Waals surface area contributed by atoms with Gasteiger partial charge in [0.25, 0.3) is 5.91 Å². The Morgan fingerprint density at radius 2 is 1.85 bits per heavy atom. The van der Waals surface area contributed by atoms with Crippen LogP contribution < -0.4 is 10.1 Å². The molecular formula is C21H26Cl2N2O2. The van der Waals surface area contributed by atoms with Gasteiger partial charge < -0.3 is 10.1 Å². The second-order valence-corrected chi connectivity index (χ2v) is 7.14. The third kappa shape index (κ3) is 5.38. The van der Waals surface area contributed by atoms with Crippen molar-refractivity contribution < 1.29 is 9.53 Å². The first-order chi connectivity index (χ1) is 12.6. The molecule has 3 rings (SSSR count). The normalized spacial score (nSPS) is 15.1. The summed E-state index contributed by atoms with van der Waals surface area (Å²) >= 11 is 6.14. The van der Waals surface area contributed by atoms with Crippen LogP contribution in [0.3, 0.4) is 0 Å². The molecule has 0 spiro atoms. The highest BCUT2D eigenvalue weighted by Crippen LogP contribution is 2.26. The summed E-state index contributed by atoms with van der Waals surface area (Å²) < 4.78 is 5.14. The van der Waals surface area contributed by atoms with Gasteiger partial charge in [-0.2, -0.15) is 0 Å². The summed E-state index contributed by atoms with van der Waals surface area (Å²) in [6.45, 7) is 4.81. The summed E-state index contributed by atoms with van der Waals surface area (Å²) in [5.41, 5.74) is 3.02. The minimum Gasteiger partial charge on any atom is -0.495 e. The molecule has 1 amide bonds. The molecule has 6 heteroatoms. The number of nitrogens with one attached hydrogen (secondary N) is 1. The monoisotopic (exact) mass is 408 g/mol. The van der Waals surface area contributed by atoms with E-state index in [2.05, 4.69) is 41.4 Å². The van der Waals surface area contributed by atoms with Crippen molar-refractivity contribution in [3.8, 4) is 5.75 Å². The van der Waals surface area contributed by atoms with E-state index in [1.807, 2.05) is 0 Å². The molecule has 1 atom stereocenters. The Morgan fingerprint density at radius 3 is 2.44 bits per heavy atom. The summed E-state index contributed by atoms with van der Waals surface area (Å²) in [5, 5.41) is 3.51. The third-order valence-electron chi connectivity index (χ3n) is 4.91. The first kappa shape index (κ1) is 21.5. The number of benzene rings is 2. The van der Waals surface area contributed by atoms with Crippen molar-refractivity contribution >= 4 is 29.9 Å². The number of halogens is 2. The lowest BCUT2D eigenvalue weighted by molar-refractivity contribution is 0.0938. The zero-order valence-electron chi connectivity index (χ0n) is 15.7. The fourth-order valence-electron chi connectivity index (χ4n) is 3.40. The molecule has 1 aliphatic heterocycles. The zero-order chi connectivity index (χ0) is 18.5. The fraction of sp³-hybridized carbons (Fsp3) is 0.381. The van der Waals surface area contributed by atoms with Gasteiger partial charge in [0.2, 0.25) is 0 Å². The van der Waals surface area contributed by atoms with Crippen LogP contribution in [-0.2, 0) is 0 Å². The van der Waals surface area contributed by atoms with E-state index in [1.54, 1.807) is 25.3 Å². The molecule has 0 aromatic heterocycles. The van der Waals surface area contributed by atoms with Crippen LogP contribution in [0, 0.1) is 6.92 Å². The van der Waals surface area contributed by atoms with E-state index in [4.69, 9.17) is 16.3 Å².